The summed E-state index contributed by atoms with van der Waals surface area (Å²) in [7, 11) is 0. The molecule has 3 rings (SSSR count). The van der Waals surface area contributed by atoms with E-state index in [1.54, 1.807) is 4.90 Å². The molecule has 0 saturated carbocycles. The van der Waals surface area contributed by atoms with Crippen LogP contribution in [0.25, 0.3) is 10.9 Å². The van der Waals surface area contributed by atoms with Crippen molar-refractivity contribution in [2.45, 2.75) is 6.04 Å². The van der Waals surface area contributed by atoms with Gasteiger partial charge in [0, 0.05) is 11.9 Å². The highest BCUT2D eigenvalue weighted by molar-refractivity contribution is 5.91. The monoisotopic (exact) mass is 259 g/mol. The number of carboxylic acid groups (broad SMARTS) is 1. The number of hydrogen-bond acceptors (Lipinski definition) is 5. The van der Waals surface area contributed by atoms with Gasteiger partial charge in [0.15, 0.2) is 6.04 Å². The van der Waals surface area contributed by atoms with Gasteiger partial charge in [-0.15, -0.1) is 0 Å². The van der Waals surface area contributed by atoms with E-state index in [1.165, 1.54) is 6.33 Å². The van der Waals surface area contributed by atoms with Gasteiger partial charge in [-0.3, -0.25) is 0 Å². The van der Waals surface area contributed by atoms with Crippen LogP contribution in [0.4, 0.5) is 5.82 Å². The zero-order valence-corrected chi connectivity index (χ0v) is 10.2. The minimum atomic E-state index is -0.901. The Morgan fingerprint density at radius 3 is 3.05 bits per heavy atom. The molecule has 1 unspecified atom stereocenters. The maximum Gasteiger partial charge on any atom is 0.328 e. The second-order valence-electron chi connectivity index (χ2n) is 4.34. The molecule has 0 amide bonds. The van der Waals surface area contributed by atoms with Gasteiger partial charge in [-0.2, -0.15) is 0 Å². The Hall–Kier alpha value is -2.21. The lowest BCUT2D eigenvalue weighted by molar-refractivity contribution is -0.141. The molecule has 1 fully saturated rings. The Kier molecular flexibility index (Phi) is 3.00. The second-order valence-corrected chi connectivity index (χ2v) is 4.34. The van der Waals surface area contributed by atoms with Gasteiger partial charge >= 0.3 is 5.97 Å². The van der Waals surface area contributed by atoms with Crippen molar-refractivity contribution in [3.8, 4) is 0 Å². The van der Waals surface area contributed by atoms with Crippen LogP contribution in [-0.4, -0.2) is 46.8 Å². The zero-order valence-electron chi connectivity index (χ0n) is 10.2. The maximum atomic E-state index is 11.3. The van der Waals surface area contributed by atoms with Gasteiger partial charge in [-0.25, -0.2) is 14.8 Å². The van der Waals surface area contributed by atoms with Crippen LogP contribution in [0.15, 0.2) is 30.6 Å². The first-order chi connectivity index (χ1) is 9.27. The van der Waals surface area contributed by atoms with Gasteiger partial charge in [0.2, 0.25) is 0 Å². The number of rotatable bonds is 2. The number of ether oxygens (including phenoxy) is 1. The molecular formula is C13H13N3O3. The first-order valence-electron chi connectivity index (χ1n) is 6.04. The number of fused-ring (bicyclic) bond motifs is 1. The molecule has 6 nitrogen and oxygen atoms in total. The fraction of sp³-hybridized carbons (Fsp3) is 0.308. The molecule has 0 spiro atoms. The van der Waals surface area contributed by atoms with E-state index in [1.807, 2.05) is 24.3 Å². The molecule has 2 aromatic rings. The summed E-state index contributed by atoms with van der Waals surface area (Å²) in [6.45, 7) is 1.19. The Labute approximate surface area is 109 Å². The molecule has 1 aromatic heterocycles. The molecule has 1 saturated heterocycles. The van der Waals surface area contributed by atoms with Crippen LogP contribution in [-0.2, 0) is 9.53 Å². The van der Waals surface area contributed by atoms with E-state index in [4.69, 9.17) is 4.74 Å². The molecule has 1 aliphatic rings. The standard InChI is InChI=1S/C13H13N3O3/c17-13(18)11-7-19-6-5-16(11)12-9-3-1-2-4-10(9)14-8-15-12/h1-4,8,11H,5-7H2,(H,17,18). The number of para-hydroxylation sites is 1. The van der Waals surface area contributed by atoms with E-state index in [0.29, 0.717) is 19.0 Å². The predicted molar refractivity (Wildman–Crippen MR) is 69.1 cm³/mol. The van der Waals surface area contributed by atoms with E-state index in [0.717, 1.165) is 10.9 Å². The van der Waals surface area contributed by atoms with E-state index < -0.39 is 12.0 Å². The van der Waals surface area contributed by atoms with Gasteiger partial charge in [0.1, 0.15) is 12.1 Å². The normalized spacial score (nSPS) is 19.6. The van der Waals surface area contributed by atoms with Crippen LogP contribution in [0.1, 0.15) is 0 Å². The smallest absolute Gasteiger partial charge is 0.328 e. The fourth-order valence-corrected chi connectivity index (χ4v) is 2.28. The minimum absolute atomic E-state index is 0.174. The minimum Gasteiger partial charge on any atom is -0.480 e. The van der Waals surface area contributed by atoms with Crippen molar-refractivity contribution in [2.75, 3.05) is 24.7 Å². The largest absolute Gasteiger partial charge is 0.480 e. The van der Waals surface area contributed by atoms with Crippen molar-refractivity contribution < 1.29 is 14.6 Å². The molecule has 1 aromatic carbocycles. The van der Waals surface area contributed by atoms with Gasteiger partial charge in [0.05, 0.1) is 18.7 Å². The molecule has 0 bridgehead atoms. The number of morpholine rings is 1. The van der Waals surface area contributed by atoms with Crippen molar-refractivity contribution >= 4 is 22.7 Å². The Balaban J connectivity index is 2.09. The third kappa shape index (κ3) is 2.10. The summed E-state index contributed by atoms with van der Waals surface area (Å²) < 4.78 is 5.24. The van der Waals surface area contributed by atoms with E-state index in [2.05, 4.69) is 9.97 Å². The van der Waals surface area contributed by atoms with Crippen molar-refractivity contribution in [1.29, 1.82) is 0 Å². The first-order valence-corrected chi connectivity index (χ1v) is 6.04. The predicted octanol–water partition coefficient (Wildman–Crippen LogP) is 0.920. The molecule has 98 valence electrons. The highest BCUT2D eigenvalue weighted by Gasteiger charge is 2.31. The van der Waals surface area contributed by atoms with E-state index >= 15 is 0 Å². The third-order valence-electron chi connectivity index (χ3n) is 3.21. The molecule has 1 N–H and O–H groups in total. The highest BCUT2D eigenvalue weighted by atomic mass is 16.5. The molecule has 0 radical (unpaired) electrons. The SMILES string of the molecule is O=C(O)C1COCCN1c1ncnc2ccccc12. The Morgan fingerprint density at radius 2 is 2.21 bits per heavy atom. The van der Waals surface area contributed by atoms with Crippen molar-refractivity contribution in [2.24, 2.45) is 0 Å². The summed E-state index contributed by atoms with van der Waals surface area (Å²) in [4.78, 5) is 21.5. The number of hydrogen-bond donors (Lipinski definition) is 1. The topological polar surface area (TPSA) is 75.6 Å². The molecular weight excluding hydrogens is 246 g/mol. The van der Waals surface area contributed by atoms with E-state index in [-0.39, 0.29) is 6.61 Å². The third-order valence-corrected chi connectivity index (χ3v) is 3.21. The molecule has 0 aliphatic carbocycles. The molecule has 1 atom stereocenters. The van der Waals surface area contributed by atoms with Crippen molar-refractivity contribution in [1.82, 2.24) is 9.97 Å². The van der Waals surface area contributed by atoms with Crippen LogP contribution in [0, 0.1) is 0 Å². The molecule has 19 heavy (non-hydrogen) atoms. The number of benzene rings is 1. The number of aromatic nitrogens is 2. The quantitative estimate of drug-likeness (QED) is 0.864. The average Bonchev–Trinajstić information content (AvgIpc) is 2.46. The number of aliphatic carboxylic acids is 1. The van der Waals surface area contributed by atoms with Crippen molar-refractivity contribution in [3.63, 3.8) is 0 Å². The summed E-state index contributed by atoms with van der Waals surface area (Å²) >= 11 is 0. The van der Waals surface area contributed by atoms with Crippen LogP contribution in [0.5, 0.6) is 0 Å². The number of anilines is 1. The Bertz CT molecular complexity index is 612. The maximum absolute atomic E-state index is 11.3. The summed E-state index contributed by atoms with van der Waals surface area (Å²) in [6, 6.07) is 6.88. The second kappa shape index (κ2) is 4.81. The molecule has 6 heteroatoms. The first kappa shape index (κ1) is 11.9. The van der Waals surface area contributed by atoms with Gasteiger partial charge < -0.3 is 14.7 Å². The average molecular weight is 259 g/mol. The summed E-state index contributed by atoms with van der Waals surface area (Å²) in [5, 5.41) is 10.1. The lowest BCUT2D eigenvalue weighted by atomic mass is 10.1. The Morgan fingerprint density at radius 1 is 1.37 bits per heavy atom. The highest BCUT2D eigenvalue weighted by Crippen LogP contribution is 2.25. The summed E-state index contributed by atoms with van der Waals surface area (Å²) in [5.74, 6) is -0.247. The summed E-state index contributed by atoms with van der Waals surface area (Å²) in [6.07, 6.45) is 1.46. The molecule has 2 heterocycles. The van der Waals surface area contributed by atoms with Crippen LogP contribution in [0.3, 0.4) is 0 Å². The zero-order chi connectivity index (χ0) is 13.2. The van der Waals surface area contributed by atoms with Crippen LogP contribution in [0.2, 0.25) is 0 Å². The van der Waals surface area contributed by atoms with Gasteiger partial charge in [-0.05, 0) is 12.1 Å². The molecule has 1 aliphatic heterocycles. The lowest BCUT2D eigenvalue weighted by Crippen LogP contribution is -2.50. The van der Waals surface area contributed by atoms with Crippen molar-refractivity contribution in [3.05, 3.63) is 30.6 Å². The summed E-state index contributed by atoms with van der Waals surface area (Å²) in [5.41, 5.74) is 0.808. The van der Waals surface area contributed by atoms with Gasteiger partial charge in [0.25, 0.3) is 0 Å². The number of nitrogens with zero attached hydrogens (tertiary/aromatic N) is 3. The van der Waals surface area contributed by atoms with Gasteiger partial charge in [-0.1, -0.05) is 12.1 Å². The fourth-order valence-electron chi connectivity index (χ4n) is 2.28. The van der Waals surface area contributed by atoms with E-state index in [9.17, 15) is 9.90 Å². The number of carbonyl (C=O) groups is 1. The van der Waals surface area contributed by atoms with Crippen LogP contribution >= 0.6 is 0 Å². The number of carboxylic acids is 1. The van der Waals surface area contributed by atoms with Crippen LogP contribution < -0.4 is 4.90 Å². The lowest BCUT2D eigenvalue weighted by Gasteiger charge is -2.34.